The molecule has 1 aliphatic heterocycles. The van der Waals surface area contributed by atoms with E-state index in [0.29, 0.717) is 0 Å². The molecule has 3 heteroatoms. The van der Waals surface area contributed by atoms with Crippen LogP contribution in [-0.2, 0) is 18.5 Å². The van der Waals surface area contributed by atoms with Crippen molar-refractivity contribution >= 4 is 0 Å². The molecular weight excluding hydrogens is 234 g/mol. The van der Waals surface area contributed by atoms with E-state index in [9.17, 15) is 0 Å². The summed E-state index contributed by atoms with van der Waals surface area (Å²) in [7, 11) is 0. The lowest BCUT2D eigenvalue weighted by Gasteiger charge is -2.16. The van der Waals surface area contributed by atoms with Gasteiger partial charge in [-0.3, -0.25) is 0 Å². The van der Waals surface area contributed by atoms with Gasteiger partial charge in [0.2, 0.25) is 0 Å². The highest BCUT2D eigenvalue weighted by Gasteiger charge is 2.49. The number of aromatic nitrogens is 2. The molecule has 2 aliphatic rings. The number of hydrogen-bond donors (Lipinski definition) is 1. The van der Waals surface area contributed by atoms with E-state index in [-0.39, 0.29) is 5.41 Å². The second-order valence-electron chi connectivity index (χ2n) is 5.61. The summed E-state index contributed by atoms with van der Waals surface area (Å²) in [6, 6.07) is 10.7. The topological polar surface area (TPSA) is 37.8 Å². The Morgan fingerprint density at radius 3 is 2.58 bits per heavy atom. The van der Waals surface area contributed by atoms with Crippen LogP contribution in [0.1, 0.15) is 41.2 Å². The molecule has 1 aliphatic carbocycles. The fourth-order valence-corrected chi connectivity index (χ4v) is 3.08. The summed E-state index contributed by atoms with van der Waals surface area (Å²) < 4.78 is 0. The lowest BCUT2D eigenvalue weighted by Crippen LogP contribution is -2.16. The molecule has 1 aromatic carbocycles. The van der Waals surface area contributed by atoms with Crippen LogP contribution >= 0.6 is 0 Å². The van der Waals surface area contributed by atoms with Crippen molar-refractivity contribution in [2.75, 3.05) is 0 Å². The molecule has 2 aromatic rings. The Hall–Kier alpha value is -1.74. The molecule has 2 heterocycles. The number of benzene rings is 1. The molecule has 4 rings (SSSR count). The first-order chi connectivity index (χ1) is 9.29. The molecule has 0 atom stereocenters. The number of nitrogens with zero attached hydrogens (tertiary/aromatic N) is 2. The van der Waals surface area contributed by atoms with Crippen LogP contribution in [0.3, 0.4) is 0 Å². The van der Waals surface area contributed by atoms with E-state index in [4.69, 9.17) is 9.97 Å². The van der Waals surface area contributed by atoms with E-state index in [1.165, 1.54) is 29.7 Å². The number of fused-ring (bicyclic) bond motifs is 1. The van der Waals surface area contributed by atoms with Gasteiger partial charge in [-0.15, -0.1) is 0 Å². The van der Waals surface area contributed by atoms with Gasteiger partial charge in [-0.1, -0.05) is 30.3 Å². The zero-order chi connectivity index (χ0) is 12.9. The van der Waals surface area contributed by atoms with E-state index >= 15 is 0 Å². The highest BCUT2D eigenvalue weighted by Crippen LogP contribution is 2.52. The molecule has 0 saturated heterocycles. The van der Waals surface area contributed by atoms with Crippen molar-refractivity contribution in [3.8, 4) is 0 Å². The summed E-state index contributed by atoms with van der Waals surface area (Å²) in [5.41, 5.74) is 5.09. The number of nitrogens with one attached hydrogen (secondary N) is 1. The summed E-state index contributed by atoms with van der Waals surface area (Å²) >= 11 is 0. The molecule has 0 spiro atoms. The van der Waals surface area contributed by atoms with Crippen LogP contribution in [0, 0.1) is 6.92 Å². The maximum Gasteiger partial charge on any atom is 0.139 e. The van der Waals surface area contributed by atoms with Gasteiger partial charge in [-0.25, -0.2) is 9.97 Å². The first-order valence-electron chi connectivity index (χ1n) is 6.93. The van der Waals surface area contributed by atoms with Crippen LogP contribution < -0.4 is 5.32 Å². The highest BCUT2D eigenvalue weighted by molar-refractivity contribution is 5.41. The molecule has 1 aromatic heterocycles. The second kappa shape index (κ2) is 3.87. The van der Waals surface area contributed by atoms with Crippen molar-refractivity contribution in [3.63, 3.8) is 0 Å². The van der Waals surface area contributed by atoms with Gasteiger partial charge >= 0.3 is 0 Å². The lowest BCUT2D eigenvalue weighted by atomic mass is 9.94. The summed E-state index contributed by atoms with van der Waals surface area (Å²) in [6.45, 7) is 3.91. The van der Waals surface area contributed by atoms with Crippen molar-refractivity contribution in [1.82, 2.24) is 15.3 Å². The number of rotatable bonds is 2. The average Bonchev–Trinajstić information content (AvgIpc) is 3.12. The van der Waals surface area contributed by atoms with Gasteiger partial charge in [0.25, 0.3) is 0 Å². The smallest absolute Gasteiger partial charge is 0.139 e. The van der Waals surface area contributed by atoms with Crippen molar-refractivity contribution in [3.05, 3.63) is 58.7 Å². The van der Waals surface area contributed by atoms with Crippen molar-refractivity contribution < 1.29 is 0 Å². The van der Waals surface area contributed by atoms with Crippen LogP contribution in [-0.4, -0.2) is 9.97 Å². The molecule has 0 radical (unpaired) electrons. The van der Waals surface area contributed by atoms with Gasteiger partial charge < -0.3 is 5.32 Å². The minimum absolute atomic E-state index is 0.0869. The largest absolute Gasteiger partial charge is 0.307 e. The predicted molar refractivity (Wildman–Crippen MR) is 73.8 cm³/mol. The molecule has 0 bridgehead atoms. The van der Waals surface area contributed by atoms with Crippen LogP contribution in [0.4, 0.5) is 0 Å². The Morgan fingerprint density at radius 2 is 1.84 bits per heavy atom. The Bertz CT molecular complexity index is 630. The van der Waals surface area contributed by atoms with Crippen molar-refractivity contribution in [2.45, 2.75) is 38.3 Å². The Labute approximate surface area is 113 Å². The molecular formula is C16H17N3. The molecule has 1 N–H and O–H groups in total. The summed E-state index contributed by atoms with van der Waals surface area (Å²) in [5.74, 6) is 1.03. The molecule has 3 nitrogen and oxygen atoms in total. The van der Waals surface area contributed by atoms with Crippen LogP contribution in [0.25, 0.3) is 0 Å². The Morgan fingerprint density at radius 1 is 1.05 bits per heavy atom. The minimum atomic E-state index is 0.0869. The SMILES string of the molecule is Cc1nc(C2(c3ccccc3)CC2)nc2c1CNC2. The molecule has 0 amide bonds. The van der Waals surface area contributed by atoms with E-state index < -0.39 is 0 Å². The maximum absolute atomic E-state index is 4.85. The first-order valence-corrected chi connectivity index (χ1v) is 6.93. The van der Waals surface area contributed by atoms with Gasteiger partial charge in [-0.05, 0) is 25.3 Å². The lowest BCUT2D eigenvalue weighted by molar-refractivity contribution is 0.727. The van der Waals surface area contributed by atoms with E-state index in [1.54, 1.807) is 0 Å². The fourth-order valence-electron chi connectivity index (χ4n) is 3.08. The average molecular weight is 251 g/mol. The zero-order valence-electron chi connectivity index (χ0n) is 11.1. The van der Waals surface area contributed by atoms with E-state index in [0.717, 1.165) is 24.6 Å². The van der Waals surface area contributed by atoms with Gasteiger partial charge in [0.05, 0.1) is 11.1 Å². The van der Waals surface area contributed by atoms with E-state index in [2.05, 4.69) is 42.6 Å². The van der Waals surface area contributed by atoms with Crippen LogP contribution in [0.15, 0.2) is 30.3 Å². The molecule has 96 valence electrons. The highest BCUT2D eigenvalue weighted by atomic mass is 15.0. The molecule has 19 heavy (non-hydrogen) atoms. The summed E-state index contributed by atoms with van der Waals surface area (Å²) in [5, 5.41) is 3.36. The number of aryl methyl sites for hydroxylation is 1. The van der Waals surface area contributed by atoms with Gasteiger partial charge in [0.15, 0.2) is 0 Å². The Balaban J connectivity index is 1.83. The van der Waals surface area contributed by atoms with Gasteiger partial charge in [0, 0.05) is 24.3 Å². The number of hydrogen-bond acceptors (Lipinski definition) is 3. The molecule has 0 unspecified atom stereocenters. The van der Waals surface area contributed by atoms with Crippen LogP contribution in [0.2, 0.25) is 0 Å². The van der Waals surface area contributed by atoms with E-state index in [1.807, 2.05) is 0 Å². The molecule has 1 saturated carbocycles. The van der Waals surface area contributed by atoms with Gasteiger partial charge in [0.1, 0.15) is 5.82 Å². The summed E-state index contributed by atoms with van der Waals surface area (Å²) in [6.07, 6.45) is 2.34. The third-order valence-corrected chi connectivity index (χ3v) is 4.40. The monoisotopic (exact) mass is 251 g/mol. The second-order valence-corrected chi connectivity index (χ2v) is 5.61. The van der Waals surface area contributed by atoms with Crippen LogP contribution in [0.5, 0.6) is 0 Å². The van der Waals surface area contributed by atoms with Crippen molar-refractivity contribution in [1.29, 1.82) is 0 Å². The molecule has 1 fully saturated rings. The normalized spacial score (nSPS) is 19.2. The minimum Gasteiger partial charge on any atom is -0.307 e. The third-order valence-electron chi connectivity index (χ3n) is 4.40. The van der Waals surface area contributed by atoms with Gasteiger partial charge in [-0.2, -0.15) is 0 Å². The third kappa shape index (κ3) is 1.61. The van der Waals surface area contributed by atoms with Crippen molar-refractivity contribution in [2.24, 2.45) is 0 Å². The predicted octanol–water partition coefficient (Wildman–Crippen LogP) is 2.47. The quantitative estimate of drug-likeness (QED) is 0.891. The standard InChI is InChI=1S/C16H17N3/c1-11-13-9-17-10-14(13)19-15(18-11)16(7-8-16)12-5-3-2-4-6-12/h2-6,17H,7-10H2,1H3. The first kappa shape index (κ1) is 11.1. The Kier molecular flexibility index (Phi) is 2.27. The maximum atomic E-state index is 4.85. The fraction of sp³-hybridized carbons (Fsp3) is 0.375. The summed E-state index contributed by atoms with van der Waals surface area (Å²) in [4.78, 5) is 9.66. The zero-order valence-corrected chi connectivity index (χ0v) is 11.1.